The van der Waals surface area contributed by atoms with Crippen molar-refractivity contribution < 1.29 is 0 Å². The highest BCUT2D eigenvalue weighted by molar-refractivity contribution is 4.74. The van der Waals surface area contributed by atoms with Gasteiger partial charge in [0.25, 0.3) is 0 Å². The zero-order chi connectivity index (χ0) is 12.6. The van der Waals surface area contributed by atoms with Crippen molar-refractivity contribution in [3.05, 3.63) is 0 Å². The SMILES string of the molecule is CC1CCCC(CCNC2CCCCCCC2)C1. The molecule has 0 spiro atoms. The van der Waals surface area contributed by atoms with Crippen LogP contribution in [0.1, 0.15) is 84.0 Å². The molecular weight excluding hydrogens is 218 g/mol. The molecule has 0 bridgehead atoms. The molecule has 2 aliphatic rings. The van der Waals surface area contributed by atoms with E-state index in [9.17, 15) is 0 Å². The van der Waals surface area contributed by atoms with E-state index in [0.717, 1.165) is 17.9 Å². The molecule has 0 amide bonds. The summed E-state index contributed by atoms with van der Waals surface area (Å²) in [5.74, 6) is 2.01. The summed E-state index contributed by atoms with van der Waals surface area (Å²) < 4.78 is 0. The zero-order valence-electron chi connectivity index (χ0n) is 12.4. The topological polar surface area (TPSA) is 12.0 Å². The summed E-state index contributed by atoms with van der Waals surface area (Å²) in [4.78, 5) is 0. The first kappa shape index (κ1) is 14.4. The largest absolute Gasteiger partial charge is 0.314 e. The molecule has 0 aromatic carbocycles. The van der Waals surface area contributed by atoms with Crippen LogP contribution in [0.2, 0.25) is 0 Å². The summed E-state index contributed by atoms with van der Waals surface area (Å²) in [6.45, 7) is 3.72. The van der Waals surface area contributed by atoms with E-state index in [2.05, 4.69) is 12.2 Å². The molecule has 2 aliphatic carbocycles. The lowest BCUT2D eigenvalue weighted by Gasteiger charge is -2.28. The second-order valence-corrected chi connectivity index (χ2v) is 6.92. The minimum Gasteiger partial charge on any atom is -0.314 e. The average molecular weight is 251 g/mol. The van der Waals surface area contributed by atoms with Crippen molar-refractivity contribution in [1.82, 2.24) is 5.32 Å². The van der Waals surface area contributed by atoms with Crippen molar-refractivity contribution in [1.29, 1.82) is 0 Å². The number of nitrogens with one attached hydrogen (secondary N) is 1. The van der Waals surface area contributed by atoms with Crippen LogP contribution in [0.25, 0.3) is 0 Å². The molecule has 1 heteroatoms. The van der Waals surface area contributed by atoms with Crippen molar-refractivity contribution in [3.63, 3.8) is 0 Å². The van der Waals surface area contributed by atoms with E-state index in [-0.39, 0.29) is 0 Å². The third-order valence-corrected chi connectivity index (χ3v) is 5.14. The number of rotatable bonds is 4. The highest BCUT2D eigenvalue weighted by Crippen LogP contribution is 2.30. The summed E-state index contributed by atoms with van der Waals surface area (Å²) in [6, 6.07) is 0.839. The first-order valence-electron chi connectivity index (χ1n) is 8.58. The number of hydrogen-bond donors (Lipinski definition) is 1. The molecular formula is C17H33N. The fourth-order valence-corrected chi connectivity index (χ4v) is 3.97. The van der Waals surface area contributed by atoms with Crippen LogP contribution in [-0.4, -0.2) is 12.6 Å². The maximum Gasteiger partial charge on any atom is 0.00670 e. The third kappa shape index (κ3) is 5.30. The van der Waals surface area contributed by atoms with E-state index in [1.54, 1.807) is 0 Å². The summed E-state index contributed by atoms with van der Waals surface area (Å²) in [5, 5.41) is 3.85. The van der Waals surface area contributed by atoms with E-state index in [4.69, 9.17) is 0 Å². The van der Waals surface area contributed by atoms with Crippen molar-refractivity contribution >= 4 is 0 Å². The molecule has 0 aromatic heterocycles. The Balaban J connectivity index is 1.58. The van der Waals surface area contributed by atoms with E-state index in [1.165, 1.54) is 83.6 Å². The molecule has 1 N–H and O–H groups in total. The standard InChI is InChI=1S/C17H33N/c1-15-8-7-9-16(14-15)12-13-18-17-10-5-3-2-4-6-11-17/h15-18H,2-14H2,1H3. The number of hydrogen-bond acceptors (Lipinski definition) is 1. The quantitative estimate of drug-likeness (QED) is 0.749. The minimum absolute atomic E-state index is 0.839. The normalized spacial score (nSPS) is 31.8. The van der Waals surface area contributed by atoms with Crippen LogP contribution < -0.4 is 5.32 Å². The Morgan fingerprint density at radius 1 is 0.833 bits per heavy atom. The Morgan fingerprint density at radius 3 is 2.28 bits per heavy atom. The second-order valence-electron chi connectivity index (χ2n) is 6.92. The van der Waals surface area contributed by atoms with Gasteiger partial charge in [0.15, 0.2) is 0 Å². The lowest BCUT2D eigenvalue weighted by atomic mass is 9.81. The summed E-state index contributed by atoms with van der Waals surface area (Å²) in [7, 11) is 0. The van der Waals surface area contributed by atoms with Crippen LogP contribution in [0.5, 0.6) is 0 Å². The van der Waals surface area contributed by atoms with Crippen LogP contribution >= 0.6 is 0 Å². The first-order valence-corrected chi connectivity index (χ1v) is 8.58. The second kappa shape index (κ2) is 8.19. The Hall–Kier alpha value is -0.0400. The van der Waals surface area contributed by atoms with Gasteiger partial charge >= 0.3 is 0 Å². The van der Waals surface area contributed by atoms with Crippen molar-refractivity contribution in [2.75, 3.05) is 6.54 Å². The lowest BCUT2D eigenvalue weighted by Crippen LogP contribution is -2.32. The van der Waals surface area contributed by atoms with Gasteiger partial charge in [-0.1, -0.05) is 58.3 Å². The average Bonchev–Trinajstić information content (AvgIpc) is 2.32. The lowest BCUT2D eigenvalue weighted by molar-refractivity contribution is 0.261. The van der Waals surface area contributed by atoms with Crippen LogP contribution in [0.4, 0.5) is 0 Å². The smallest absolute Gasteiger partial charge is 0.00670 e. The molecule has 0 saturated heterocycles. The van der Waals surface area contributed by atoms with Gasteiger partial charge in [0, 0.05) is 6.04 Å². The van der Waals surface area contributed by atoms with Gasteiger partial charge in [-0.3, -0.25) is 0 Å². The van der Waals surface area contributed by atoms with Gasteiger partial charge in [0.05, 0.1) is 0 Å². The van der Waals surface area contributed by atoms with Gasteiger partial charge in [0.2, 0.25) is 0 Å². The van der Waals surface area contributed by atoms with Crippen molar-refractivity contribution in [2.24, 2.45) is 11.8 Å². The summed E-state index contributed by atoms with van der Waals surface area (Å²) in [5.41, 5.74) is 0. The molecule has 18 heavy (non-hydrogen) atoms. The predicted octanol–water partition coefficient (Wildman–Crippen LogP) is 4.91. The van der Waals surface area contributed by atoms with E-state index < -0.39 is 0 Å². The van der Waals surface area contributed by atoms with Gasteiger partial charge in [-0.2, -0.15) is 0 Å². The highest BCUT2D eigenvalue weighted by atomic mass is 14.9. The molecule has 2 saturated carbocycles. The molecule has 2 atom stereocenters. The molecule has 0 aliphatic heterocycles. The van der Waals surface area contributed by atoms with Crippen molar-refractivity contribution in [3.8, 4) is 0 Å². The van der Waals surface area contributed by atoms with Gasteiger partial charge < -0.3 is 5.32 Å². The Labute approximate surface area is 114 Å². The summed E-state index contributed by atoms with van der Waals surface area (Å²) in [6.07, 6.45) is 17.6. The maximum absolute atomic E-state index is 3.85. The van der Waals surface area contributed by atoms with E-state index in [1.807, 2.05) is 0 Å². The summed E-state index contributed by atoms with van der Waals surface area (Å²) >= 11 is 0. The van der Waals surface area contributed by atoms with Crippen LogP contribution in [0.3, 0.4) is 0 Å². The third-order valence-electron chi connectivity index (χ3n) is 5.14. The maximum atomic E-state index is 3.85. The molecule has 2 rings (SSSR count). The van der Waals surface area contributed by atoms with Crippen LogP contribution in [-0.2, 0) is 0 Å². The Morgan fingerprint density at radius 2 is 1.56 bits per heavy atom. The Bertz CT molecular complexity index is 206. The van der Waals surface area contributed by atoms with E-state index in [0.29, 0.717) is 0 Å². The van der Waals surface area contributed by atoms with Gasteiger partial charge in [-0.15, -0.1) is 0 Å². The molecule has 0 aromatic rings. The zero-order valence-corrected chi connectivity index (χ0v) is 12.4. The van der Waals surface area contributed by atoms with Crippen LogP contribution in [0, 0.1) is 11.8 Å². The molecule has 2 unspecified atom stereocenters. The van der Waals surface area contributed by atoms with Crippen LogP contribution in [0.15, 0.2) is 0 Å². The van der Waals surface area contributed by atoms with Crippen molar-refractivity contribution in [2.45, 2.75) is 90.0 Å². The first-order chi connectivity index (χ1) is 8.84. The van der Waals surface area contributed by atoms with Gasteiger partial charge in [-0.05, 0) is 44.1 Å². The molecule has 106 valence electrons. The molecule has 0 radical (unpaired) electrons. The fourth-order valence-electron chi connectivity index (χ4n) is 3.97. The fraction of sp³-hybridized carbons (Fsp3) is 1.00. The van der Waals surface area contributed by atoms with E-state index >= 15 is 0 Å². The minimum atomic E-state index is 0.839. The molecule has 0 heterocycles. The highest BCUT2D eigenvalue weighted by Gasteiger charge is 2.19. The Kier molecular flexibility index (Phi) is 6.54. The monoisotopic (exact) mass is 251 g/mol. The van der Waals surface area contributed by atoms with Gasteiger partial charge in [-0.25, -0.2) is 0 Å². The van der Waals surface area contributed by atoms with Gasteiger partial charge in [0.1, 0.15) is 0 Å². The molecule has 1 nitrogen and oxygen atoms in total. The molecule has 2 fully saturated rings. The predicted molar refractivity (Wildman–Crippen MR) is 79.8 cm³/mol.